The normalized spacial score (nSPS) is 10.0. The van der Waals surface area contributed by atoms with Crippen LogP contribution < -0.4 is 11.1 Å². The molecule has 102 valence electrons. The van der Waals surface area contributed by atoms with Crippen molar-refractivity contribution in [1.82, 2.24) is 0 Å². The molecule has 5 N–H and O–H groups in total. The fourth-order valence-electron chi connectivity index (χ4n) is 1.60. The first-order valence-corrected chi connectivity index (χ1v) is 5.70. The third-order valence-electron chi connectivity index (χ3n) is 2.66. The molecule has 0 aliphatic heterocycles. The molecule has 0 fully saturated rings. The summed E-state index contributed by atoms with van der Waals surface area (Å²) in [6.45, 7) is 0. The molecule has 0 bridgehead atoms. The number of nitrogens with two attached hydrogens (primary N) is 1. The SMILES string of the molecule is Nc1ccc(C(=O)Nc2cc(C(=O)O)ccc2O)cc1. The number of hydrogen-bond donors (Lipinski definition) is 4. The van der Waals surface area contributed by atoms with Crippen molar-refractivity contribution in [2.24, 2.45) is 0 Å². The van der Waals surface area contributed by atoms with Crippen LogP contribution >= 0.6 is 0 Å². The van der Waals surface area contributed by atoms with Crippen LogP contribution in [0.4, 0.5) is 11.4 Å². The lowest BCUT2D eigenvalue weighted by Gasteiger charge is -2.08. The zero-order valence-electron chi connectivity index (χ0n) is 10.3. The number of carbonyl (C=O) groups excluding carboxylic acids is 1. The number of amides is 1. The molecule has 0 unspecified atom stereocenters. The largest absolute Gasteiger partial charge is 0.506 e. The van der Waals surface area contributed by atoms with Crippen molar-refractivity contribution in [3.63, 3.8) is 0 Å². The van der Waals surface area contributed by atoms with Crippen molar-refractivity contribution in [1.29, 1.82) is 0 Å². The van der Waals surface area contributed by atoms with Crippen molar-refractivity contribution < 1.29 is 19.8 Å². The Labute approximate surface area is 114 Å². The molecule has 0 aromatic heterocycles. The van der Waals surface area contributed by atoms with Crippen LogP contribution in [0.2, 0.25) is 0 Å². The number of hydrogen-bond acceptors (Lipinski definition) is 4. The smallest absolute Gasteiger partial charge is 0.335 e. The molecular weight excluding hydrogens is 260 g/mol. The predicted molar refractivity (Wildman–Crippen MR) is 73.9 cm³/mol. The minimum atomic E-state index is -1.15. The van der Waals surface area contributed by atoms with Gasteiger partial charge in [-0.25, -0.2) is 4.79 Å². The van der Waals surface area contributed by atoms with E-state index in [-0.39, 0.29) is 17.0 Å². The lowest BCUT2D eigenvalue weighted by molar-refractivity contribution is 0.0696. The van der Waals surface area contributed by atoms with Gasteiger partial charge in [0, 0.05) is 11.3 Å². The summed E-state index contributed by atoms with van der Waals surface area (Å²) in [4.78, 5) is 22.8. The highest BCUT2D eigenvalue weighted by atomic mass is 16.4. The summed E-state index contributed by atoms with van der Waals surface area (Å²) in [6.07, 6.45) is 0. The lowest BCUT2D eigenvalue weighted by Crippen LogP contribution is -2.12. The van der Waals surface area contributed by atoms with Crippen LogP contribution in [0.25, 0.3) is 0 Å². The van der Waals surface area contributed by atoms with E-state index in [1.54, 1.807) is 12.1 Å². The van der Waals surface area contributed by atoms with Gasteiger partial charge in [0.15, 0.2) is 0 Å². The monoisotopic (exact) mass is 272 g/mol. The molecule has 6 heteroatoms. The Morgan fingerprint density at radius 2 is 1.60 bits per heavy atom. The number of carboxylic acid groups (broad SMARTS) is 1. The number of benzene rings is 2. The fraction of sp³-hybridized carbons (Fsp3) is 0. The Balaban J connectivity index is 2.25. The Kier molecular flexibility index (Phi) is 3.56. The van der Waals surface area contributed by atoms with E-state index in [4.69, 9.17) is 10.8 Å². The van der Waals surface area contributed by atoms with E-state index in [9.17, 15) is 14.7 Å². The molecule has 0 saturated heterocycles. The third kappa shape index (κ3) is 2.86. The molecule has 0 heterocycles. The maximum absolute atomic E-state index is 11.9. The molecular formula is C14H12N2O4. The van der Waals surface area contributed by atoms with Crippen molar-refractivity contribution in [2.75, 3.05) is 11.1 Å². The third-order valence-corrected chi connectivity index (χ3v) is 2.66. The number of carbonyl (C=O) groups is 2. The minimum absolute atomic E-state index is 0.0320. The summed E-state index contributed by atoms with van der Waals surface area (Å²) in [5.74, 6) is -1.82. The van der Waals surface area contributed by atoms with E-state index in [0.717, 1.165) is 0 Å². The molecule has 0 aliphatic rings. The summed E-state index contributed by atoms with van der Waals surface area (Å²) in [6, 6.07) is 9.85. The van der Waals surface area contributed by atoms with E-state index in [0.29, 0.717) is 11.3 Å². The van der Waals surface area contributed by atoms with Gasteiger partial charge in [-0.15, -0.1) is 0 Å². The van der Waals surface area contributed by atoms with Crippen LogP contribution in [0.15, 0.2) is 42.5 Å². The van der Waals surface area contributed by atoms with E-state index in [1.807, 2.05) is 0 Å². The molecule has 20 heavy (non-hydrogen) atoms. The number of nitrogens with one attached hydrogen (secondary N) is 1. The number of aromatic hydroxyl groups is 1. The van der Waals surface area contributed by atoms with Gasteiger partial charge in [-0.05, 0) is 42.5 Å². The van der Waals surface area contributed by atoms with Crippen LogP contribution in [-0.4, -0.2) is 22.1 Å². The number of carboxylic acids is 1. The van der Waals surface area contributed by atoms with Crippen LogP contribution in [-0.2, 0) is 0 Å². The van der Waals surface area contributed by atoms with Crippen molar-refractivity contribution in [2.45, 2.75) is 0 Å². The predicted octanol–water partition coefficient (Wildman–Crippen LogP) is 1.92. The quantitative estimate of drug-likeness (QED) is 0.503. The number of anilines is 2. The van der Waals surface area contributed by atoms with Gasteiger partial charge in [0.05, 0.1) is 11.3 Å². The maximum Gasteiger partial charge on any atom is 0.335 e. The summed E-state index contributed by atoms with van der Waals surface area (Å²) in [7, 11) is 0. The number of phenols is 1. The van der Waals surface area contributed by atoms with E-state index >= 15 is 0 Å². The molecule has 0 saturated carbocycles. The van der Waals surface area contributed by atoms with E-state index in [1.165, 1.54) is 30.3 Å². The Morgan fingerprint density at radius 3 is 2.20 bits per heavy atom. The second-order valence-corrected chi connectivity index (χ2v) is 4.11. The Bertz CT molecular complexity index is 665. The molecule has 1 amide bonds. The lowest BCUT2D eigenvalue weighted by atomic mass is 10.1. The first kappa shape index (κ1) is 13.4. The van der Waals surface area contributed by atoms with E-state index in [2.05, 4.69) is 5.32 Å². The molecule has 2 aromatic rings. The number of phenolic OH excluding ortho intramolecular Hbond substituents is 1. The summed E-state index contributed by atoms with van der Waals surface area (Å²) < 4.78 is 0. The molecule has 0 aliphatic carbocycles. The van der Waals surface area contributed by atoms with Gasteiger partial charge in [0.1, 0.15) is 5.75 Å². The van der Waals surface area contributed by atoms with Crippen LogP contribution in [0.3, 0.4) is 0 Å². The van der Waals surface area contributed by atoms with Gasteiger partial charge in [-0.1, -0.05) is 0 Å². The number of nitrogen functional groups attached to an aromatic ring is 1. The number of rotatable bonds is 3. The first-order valence-electron chi connectivity index (χ1n) is 5.70. The average molecular weight is 272 g/mol. The number of aromatic carboxylic acids is 1. The molecule has 0 radical (unpaired) electrons. The minimum Gasteiger partial charge on any atom is -0.506 e. The molecule has 2 aromatic carbocycles. The standard InChI is InChI=1S/C14H12N2O4/c15-10-4-1-8(2-5-10)13(18)16-11-7-9(14(19)20)3-6-12(11)17/h1-7,17H,15H2,(H,16,18)(H,19,20). The molecule has 2 rings (SSSR count). The summed E-state index contributed by atoms with van der Waals surface area (Å²) in [5, 5.41) is 21.0. The van der Waals surface area contributed by atoms with Crippen molar-refractivity contribution in [3.8, 4) is 5.75 Å². The van der Waals surface area contributed by atoms with Gasteiger partial charge in [-0.3, -0.25) is 4.79 Å². The van der Waals surface area contributed by atoms with Gasteiger partial charge in [-0.2, -0.15) is 0 Å². The summed E-state index contributed by atoms with van der Waals surface area (Å²) >= 11 is 0. The Morgan fingerprint density at radius 1 is 1.00 bits per heavy atom. The maximum atomic E-state index is 11.9. The second kappa shape index (κ2) is 5.31. The summed E-state index contributed by atoms with van der Waals surface area (Å²) in [5.41, 5.74) is 6.39. The Hall–Kier alpha value is -3.02. The van der Waals surface area contributed by atoms with Crippen LogP contribution in [0.5, 0.6) is 5.75 Å². The average Bonchev–Trinajstić information content (AvgIpc) is 2.41. The molecule has 0 spiro atoms. The van der Waals surface area contributed by atoms with Gasteiger partial charge < -0.3 is 21.3 Å². The van der Waals surface area contributed by atoms with Crippen LogP contribution in [0.1, 0.15) is 20.7 Å². The highest BCUT2D eigenvalue weighted by Crippen LogP contribution is 2.25. The first-order chi connectivity index (χ1) is 9.47. The van der Waals surface area contributed by atoms with Gasteiger partial charge in [0.2, 0.25) is 0 Å². The highest BCUT2D eigenvalue weighted by Gasteiger charge is 2.11. The zero-order chi connectivity index (χ0) is 14.7. The van der Waals surface area contributed by atoms with Crippen LogP contribution in [0, 0.1) is 0 Å². The van der Waals surface area contributed by atoms with E-state index < -0.39 is 11.9 Å². The molecule has 0 atom stereocenters. The molecule has 6 nitrogen and oxygen atoms in total. The highest BCUT2D eigenvalue weighted by molar-refractivity contribution is 6.05. The van der Waals surface area contributed by atoms with Crippen molar-refractivity contribution in [3.05, 3.63) is 53.6 Å². The van der Waals surface area contributed by atoms with Crippen molar-refractivity contribution >= 4 is 23.3 Å². The van der Waals surface area contributed by atoms with Gasteiger partial charge >= 0.3 is 5.97 Å². The fourth-order valence-corrected chi connectivity index (χ4v) is 1.60. The topological polar surface area (TPSA) is 113 Å². The second-order valence-electron chi connectivity index (χ2n) is 4.11. The van der Waals surface area contributed by atoms with Gasteiger partial charge in [0.25, 0.3) is 5.91 Å². The zero-order valence-corrected chi connectivity index (χ0v) is 10.3.